The van der Waals surface area contributed by atoms with Crippen molar-refractivity contribution >= 4 is 32.6 Å². The maximum atomic E-state index is 12.1. The Hall–Kier alpha value is -1.65. The SMILES string of the molecule is Cc1ncc(C2=C(c3ccccc3S(C)(=O)=O)CCC2)cc1Cl. The lowest BCUT2D eigenvalue weighted by molar-refractivity contribution is 0.601. The van der Waals surface area contributed by atoms with Gasteiger partial charge in [0.1, 0.15) is 0 Å². The average Bonchev–Trinajstić information content (AvgIpc) is 2.98. The lowest BCUT2D eigenvalue weighted by Crippen LogP contribution is -2.02. The number of halogens is 1. The second-order valence-electron chi connectivity index (χ2n) is 5.87. The van der Waals surface area contributed by atoms with E-state index in [0.717, 1.165) is 47.2 Å². The number of rotatable bonds is 3. The van der Waals surface area contributed by atoms with Crippen LogP contribution in [-0.4, -0.2) is 19.7 Å². The van der Waals surface area contributed by atoms with Crippen molar-refractivity contribution in [3.63, 3.8) is 0 Å². The fourth-order valence-corrected chi connectivity index (χ4v) is 4.15. The molecule has 23 heavy (non-hydrogen) atoms. The molecule has 1 aliphatic rings. The number of hydrogen-bond acceptors (Lipinski definition) is 3. The number of aryl methyl sites for hydroxylation is 1. The highest BCUT2D eigenvalue weighted by atomic mass is 35.5. The first-order valence-corrected chi connectivity index (χ1v) is 9.79. The van der Waals surface area contributed by atoms with Crippen molar-refractivity contribution in [3.8, 4) is 0 Å². The number of nitrogens with zero attached hydrogens (tertiary/aromatic N) is 1. The summed E-state index contributed by atoms with van der Waals surface area (Å²) in [6, 6.07) is 9.13. The van der Waals surface area contributed by atoms with Crippen LogP contribution in [0.3, 0.4) is 0 Å². The summed E-state index contributed by atoms with van der Waals surface area (Å²) >= 11 is 6.21. The number of benzene rings is 1. The Morgan fingerprint density at radius 3 is 2.52 bits per heavy atom. The van der Waals surface area contributed by atoms with Gasteiger partial charge in [0.25, 0.3) is 0 Å². The highest BCUT2D eigenvalue weighted by Gasteiger charge is 2.23. The summed E-state index contributed by atoms with van der Waals surface area (Å²) in [6.07, 6.45) is 5.87. The van der Waals surface area contributed by atoms with Crippen molar-refractivity contribution in [3.05, 3.63) is 58.4 Å². The number of pyridine rings is 1. The van der Waals surface area contributed by atoms with E-state index in [4.69, 9.17) is 11.6 Å². The minimum absolute atomic E-state index is 0.389. The molecular weight excluding hydrogens is 330 g/mol. The van der Waals surface area contributed by atoms with Gasteiger partial charge in [0.05, 0.1) is 15.6 Å². The molecule has 2 aromatic rings. The molecule has 3 rings (SSSR count). The van der Waals surface area contributed by atoms with Crippen LogP contribution in [0.2, 0.25) is 5.02 Å². The predicted octanol–water partition coefficient (Wildman–Crippen LogP) is 4.54. The molecule has 0 amide bonds. The van der Waals surface area contributed by atoms with E-state index in [2.05, 4.69) is 4.98 Å². The fourth-order valence-electron chi connectivity index (χ4n) is 3.07. The Morgan fingerprint density at radius 1 is 1.13 bits per heavy atom. The van der Waals surface area contributed by atoms with Crippen LogP contribution >= 0.6 is 11.6 Å². The molecule has 0 atom stereocenters. The van der Waals surface area contributed by atoms with E-state index in [9.17, 15) is 8.42 Å². The summed E-state index contributed by atoms with van der Waals surface area (Å²) in [5.41, 5.74) is 4.82. The van der Waals surface area contributed by atoms with Crippen molar-refractivity contribution in [2.75, 3.05) is 6.26 Å². The quantitative estimate of drug-likeness (QED) is 0.818. The molecule has 0 unspecified atom stereocenters. The van der Waals surface area contributed by atoms with Crippen molar-refractivity contribution < 1.29 is 8.42 Å². The van der Waals surface area contributed by atoms with Crippen LogP contribution in [0.4, 0.5) is 0 Å². The zero-order valence-electron chi connectivity index (χ0n) is 13.1. The summed E-state index contributed by atoms with van der Waals surface area (Å²) in [5, 5.41) is 0.637. The van der Waals surface area contributed by atoms with Crippen LogP contribution in [-0.2, 0) is 9.84 Å². The third-order valence-electron chi connectivity index (χ3n) is 4.20. The Balaban J connectivity index is 2.20. The zero-order valence-corrected chi connectivity index (χ0v) is 14.7. The van der Waals surface area contributed by atoms with Gasteiger partial charge in [-0.15, -0.1) is 0 Å². The number of hydrogen-bond donors (Lipinski definition) is 0. The highest BCUT2D eigenvalue weighted by Crippen LogP contribution is 2.42. The minimum Gasteiger partial charge on any atom is -0.259 e. The van der Waals surface area contributed by atoms with Gasteiger partial charge in [0.2, 0.25) is 0 Å². The molecule has 1 aromatic carbocycles. The maximum Gasteiger partial charge on any atom is 0.176 e. The second kappa shape index (κ2) is 6.10. The van der Waals surface area contributed by atoms with E-state index in [0.29, 0.717) is 9.92 Å². The molecule has 3 nitrogen and oxygen atoms in total. The van der Waals surface area contributed by atoms with Gasteiger partial charge in [-0.05, 0) is 60.6 Å². The molecule has 120 valence electrons. The van der Waals surface area contributed by atoms with Crippen molar-refractivity contribution in [1.29, 1.82) is 0 Å². The normalized spacial score (nSPS) is 15.3. The molecule has 1 heterocycles. The Bertz CT molecular complexity index is 901. The van der Waals surface area contributed by atoms with Crippen molar-refractivity contribution in [2.45, 2.75) is 31.1 Å². The smallest absolute Gasteiger partial charge is 0.176 e. The van der Waals surface area contributed by atoms with Crippen LogP contribution in [0.15, 0.2) is 41.4 Å². The molecule has 0 radical (unpaired) electrons. The van der Waals surface area contributed by atoms with Gasteiger partial charge in [-0.3, -0.25) is 4.98 Å². The average molecular weight is 348 g/mol. The minimum atomic E-state index is -3.27. The number of sulfone groups is 1. The third kappa shape index (κ3) is 3.19. The molecule has 0 aliphatic heterocycles. The Morgan fingerprint density at radius 2 is 1.83 bits per heavy atom. The summed E-state index contributed by atoms with van der Waals surface area (Å²) in [7, 11) is -3.27. The summed E-state index contributed by atoms with van der Waals surface area (Å²) in [4.78, 5) is 4.73. The second-order valence-corrected chi connectivity index (χ2v) is 8.26. The predicted molar refractivity (Wildman–Crippen MR) is 94.2 cm³/mol. The third-order valence-corrected chi connectivity index (χ3v) is 5.74. The Kier molecular flexibility index (Phi) is 4.30. The van der Waals surface area contributed by atoms with E-state index >= 15 is 0 Å². The van der Waals surface area contributed by atoms with Crippen LogP contribution < -0.4 is 0 Å². The summed E-state index contributed by atoms with van der Waals surface area (Å²) in [5.74, 6) is 0. The van der Waals surface area contributed by atoms with Crippen LogP contribution in [0.5, 0.6) is 0 Å². The first-order chi connectivity index (χ1) is 10.9. The molecule has 1 aliphatic carbocycles. The highest BCUT2D eigenvalue weighted by molar-refractivity contribution is 7.90. The first kappa shape index (κ1) is 16.2. The summed E-state index contributed by atoms with van der Waals surface area (Å²) < 4.78 is 24.2. The topological polar surface area (TPSA) is 47.0 Å². The largest absolute Gasteiger partial charge is 0.259 e. The van der Waals surface area contributed by atoms with Gasteiger partial charge in [0.15, 0.2) is 9.84 Å². The standard InChI is InChI=1S/C18H18ClNO2S/c1-12-17(19)10-13(11-20-12)14-7-5-8-15(14)16-6-3-4-9-18(16)23(2,21)22/h3-4,6,9-11H,5,7-8H2,1-2H3. The van der Waals surface area contributed by atoms with E-state index in [1.165, 1.54) is 6.26 Å². The molecule has 1 aromatic heterocycles. The molecular formula is C18H18ClNO2S. The van der Waals surface area contributed by atoms with Crippen LogP contribution in [0.1, 0.15) is 36.1 Å². The molecule has 0 fully saturated rings. The van der Waals surface area contributed by atoms with E-state index in [1.54, 1.807) is 12.1 Å². The molecule has 0 spiro atoms. The lowest BCUT2D eigenvalue weighted by atomic mass is 9.98. The van der Waals surface area contributed by atoms with Gasteiger partial charge in [0, 0.05) is 12.5 Å². The van der Waals surface area contributed by atoms with Gasteiger partial charge in [-0.2, -0.15) is 0 Å². The first-order valence-electron chi connectivity index (χ1n) is 7.52. The zero-order chi connectivity index (χ0) is 16.6. The molecule has 5 heteroatoms. The molecule has 0 saturated carbocycles. The van der Waals surface area contributed by atoms with Crippen molar-refractivity contribution in [1.82, 2.24) is 4.98 Å². The lowest BCUT2D eigenvalue weighted by Gasteiger charge is -2.12. The number of aromatic nitrogens is 1. The van der Waals surface area contributed by atoms with Crippen LogP contribution in [0, 0.1) is 6.92 Å². The molecule has 0 saturated heterocycles. The van der Waals surface area contributed by atoms with E-state index < -0.39 is 9.84 Å². The van der Waals surface area contributed by atoms with E-state index in [1.807, 2.05) is 31.3 Å². The van der Waals surface area contributed by atoms with E-state index in [-0.39, 0.29) is 0 Å². The van der Waals surface area contributed by atoms with Crippen molar-refractivity contribution in [2.24, 2.45) is 0 Å². The number of allylic oxidation sites excluding steroid dienone is 2. The van der Waals surface area contributed by atoms with Gasteiger partial charge < -0.3 is 0 Å². The van der Waals surface area contributed by atoms with Crippen LogP contribution in [0.25, 0.3) is 11.1 Å². The Labute approximate surface area is 141 Å². The monoisotopic (exact) mass is 347 g/mol. The maximum absolute atomic E-state index is 12.1. The molecule has 0 N–H and O–H groups in total. The van der Waals surface area contributed by atoms with Gasteiger partial charge in [-0.1, -0.05) is 29.8 Å². The summed E-state index contributed by atoms with van der Waals surface area (Å²) in [6.45, 7) is 1.87. The van der Waals surface area contributed by atoms with Gasteiger partial charge >= 0.3 is 0 Å². The fraction of sp³-hybridized carbons (Fsp3) is 0.278. The molecule has 0 bridgehead atoms. The van der Waals surface area contributed by atoms with Gasteiger partial charge in [-0.25, -0.2) is 8.42 Å².